The molecule has 0 amide bonds. The second-order valence-corrected chi connectivity index (χ2v) is 11.7. The molecule has 222 valence electrons. The summed E-state index contributed by atoms with van der Waals surface area (Å²) >= 11 is 0. The second-order valence-electron chi connectivity index (χ2n) is 11.7. The molecule has 1 atom stereocenters. The Morgan fingerprint density at radius 1 is 1.13 bits per heavy atom. The molecule has 4 rings (SSSR count). The van der Waals surface area contributed by atoms with E-state index in [1.807, 2.05) is 0 Å². The molecule has 3 heterocycles. The number of carboxylic acids is 1. The Kier molecular flexibility index (Phi) is 12.2. The van der Waals surface area contributed by atoms with E-state index in [1.165, 1.54) is 81.4 Å². The van der Waals surface area contributed by atoms with Gasteiger partial charge in [0.1, 0.15) is 5.69 Å². The van der Waals surface area contributed by atoms with Crippen LogP contribution < -0.4 is 20.7 Å². The number of nitrogens with two attached hydrogens (primary N) is 1. The Morgan fingerprint density at radius 2 is 1.79 bits per heavy atom. The molecule has 4 N–H and O–H groups in total. The van der Waals surface area contributed by atoms with Crippen LogP contribution in [0.25, 0.3) is 0 Å². The molecule has 0 radical (unpaired) electrons. The second kappa shape index (κ2) is 15.1. The minimum atomic E-state index is -2.70. The van der Waals surface area contributed by atoms with Gasteiger partial charge in [-0.05, 0) is 63.9 Å². The highest BCUT2D eigenvalue weighted by molar-refractivity contribution is 5.86. The van der Waals surface area contributed by atoms with Gasteiger partial charge in [0, 0.05) is 18.6 Å². The van der Waals surface area contributed by atoms with E-state index in [1.54, 1.807) is 0 Å². The third kappa shape index (κ3) is 10.5. The highest BCUT2D eigenvalue weighted by Gasteiger charge is 2.45. The zero-order valence-corrected chi connectivity index (χ0v) is 23.9. The number of anilines is 1. The molecule has 1 unspecified atom stereocenters. The van der Waals surface area contributed by atoms with Crippen molar-refractivity contribution in [2.24, 2.45) is 11.7 Å². The molecule has 3 aliphatic rings. The standard InChI is InChI=1S/C16H35N3.C13H14F2N2O3/c1-3-4-5-6-7-8-9-10-12-18-16(14-17)11-13-19(2)15-16;14-13(15)6-17(7-13)10-4-3-9(12(18)19)16-11(10)20-5-8-1-2-8/h18H,3-15,17H2,1-2H3;3-4,8H,1-2,5-7H2,(H,18,19). The van der Waals surface area contributed by atoms with Crippen LogP contribution in [0.2, 0.25) is 0 Å². The van der Waals surface area contributed by atoms with Gasteiger partial charge in [0.15, 0.2) is 5.69 Å². The van der Waals surface area contributed by atoms with Crippen LogP contribution in [0.3, 0.4) is 0 Å². The van der Waals surface area contributed by atoms with Gasteiger partial charge in [-0.1, -0.05) is 51.9 Å². The minimum absolute atomic E-state index is 0.132. The maximum atomic E-state index is 12.9. The van der Waals surface area contributed by atoms with Gasteiger partial charge in [0.05, 0.1) is 19.7 Å². The third-order valence-corrected chi connectivity index (χ3v) is 7.86. The number of pyridine rings is 1. The Morgan fingerprint density at radius 3 is 2.33 bits per heavy atom. The number of hydrogen-bond acceptors (Lipinski definition) is 7. The van der Waals surface area contributed by atoms with Crippen molar-refractivity contribution in [2.75, 3.05) is 57.8 Å². The first-order valence-electron chi connectivity index (χ1n) is 14.8. The smallest absolute Gasteiger partial charge is 0.354 e. The van der Waals surface area contributed by atoms with Crippen molar-refractivity contribution in [1.29, 1.82) is 0 Å². The van der Waals surface area contributed by atoms with Crippen LogP contribution in [0.1, 0.15) is 88.0 Å². The van der Waals surface area contributed by atoms with Crippen molar-refractivity contribution in [3.05, 3.63) is 17.8 Å². The largest absolute Gasteiger partial charge is 0.477 e. The first kappa shape index (κ1) is 31.5. The average molecular weight is 554 g/mol. The maximum Gasteiger partial charge on any atom is 0.354 e. The fourth-order valence-electron chi connectivity index (χ4n) is 5.14. The molecule has 10 heteroatoms. The number of hydrogen-bond donors (Lipinski definition) is 3. The van der Waals surface area contributed by atoms with Crippen molar-refractivity contribution < 1.29 is 23.4 Å². The monoisotopic (exact) mass is 553 g/mol. The lowest BCUT2D eigenvalue weighted by Crippen LogP contribution is -2.56. The molecular weight excluding hydrogens is 504 g/mol. The first-order chi connectivity index (χ1) is 18.7. The van der Waals surface area contributed by atoms with Gasteiger partial charge >= 0.3 is 5.97 Å². The number of carboxylic acid groups (broad SMARTS) is 1. The minimum Gasteiger partial charge on any atom is -0.477 e. The number of nitrogens with zero attached hydrogens (tertiary/aromatic N) is 3. The number of unbranched alkanes of at least 4 members (excludes halogenated alkanes) is 7. The van der Waals surface area contributed by atoms with Gasteiger partial charge < -0.3 is 30.7 Å². The molecule has 0 bridgehead atoms. The molecule has 0 aromatic carbocycles. The summed E-state index contributed by atoms with van der Waals surface area (Å²) in [4.78, 5) is 18.7. The van der Waals surface area contributed by atoms with Crippen molar-refractivity contribution in [1.82, 2.24) is 15.2 Å². The maximum absolute atomic E-state index is 12.9. The first-order valence-corrected chi connectivity index (χ1v) is 14.8. The van der Waals surface area contributed by atoms with Crippen LogP contribution in [0, 0.1) is 5.92 Å². The Balaban J connectivity index is 0.000000216. The van der Waals surface area contributed by atoms with Crippen LogP contribution in [-0.4, -0.2) is 85.3 Å². The fraction of sp³-hybridized carbons (Fsp3) is 0.793. The van der Waals surface area contributed by atoms with Gasteiger partial charge in [0.25, 0.3) is 5.92 Å². The molecule has 0 spiro atoms. The lowest BCUT2D eigenvalue weighted by molar-refractivity contribution is -0.0265. The molecule has 1 saturated carbocycles. The number of ether oxygens (including phenoxy) is 1. The van der Waals surface area contributed by atoms with Crippen molar-refractivity contribution in [3.63, 3.8) is 0 Å². The average Bonchev–Trinajstić information content (AvgIpc) is 3.65. The van der Waals surface area contributed by atoms with Gasteiger partial charge in [0.2, 0.25) is 5.88 Å². The van der Waals surface area contributed by atoms with Gasteiger partial charge in [-0.3, -0.25) is 0 Å². The van der Waals surface area contributed by atoms with Crippen LogP contribution in [-0.2, 0) is 0 Å². The fourth-order valence-corrected chi connectivity index (χ4v) is 5.14. The SMILES string of the molecule is CCCCCCCCCCNC1(CN)CCN(C)C1.O=C(O)c1ccc(N2CC(F)(F)C2)c(OCC2CC2)n1. The van der Waals surface area contributed by atoms with Crippen LogP contribution in [0.5, 0.6) is 5.88 Å². The number of nitrogens with one attached hydrogen (secondary N) is 1. The topological polar surface area (TPSA) is 104 Å². The summed E-state index contributed by atoms with van der Waals surface area (Å²) in [5.74, 6) is -3.26. The predicted molar refractivity (Wildman–Crippen MR) is 151 cm³/mol. The zero-order chi connectivity index (χ0) is 28.3. The Labute approximate surface area is 232 Å². The predicted octanol–water partition coefficient (Wildman–Crippen LogP) is 4.77. The number of aromatic carboxylic acids is 1. The van der Waals surface area contributed by atoms with Crippen molar-refractivity contribution in [3.8, 4) is 5.88 Å². The van der Waals surface area contributed by atoms with E-state index in [-0.39, 0.29) is 30.2 Å². The number of alkyl halides is 2. The number of likely N-dealkylation sites (tertiary alicyclic amines) is 1. The number of carbonyl (C=O) groups is 1. The summed E-state index contributed by atoms with van der Waals surface area (Å²) in [5, 5.41) is 12.7. The van der Waals surface area contributed by atoms with E-state index in [2.05, 4.69) is 29.2 Å². The Hall–Kier alpha value is -2.04. The van der Waals surface area contributed by atoms with E-state index >= 15 is 0 Å². The van der Waals surface area contributed by atoms with E-state index in [4.69, 9.17) is 15.6 Å². The van der Waals surface area contributed by atoms with Crippen LogP contribution in [0.4, 0.5) is 14.5 Å². The molecule has 8 nitrogen and oxygen atoms in total. The molecule has 3 fully saturated rings. The zero-order valence-electron chi connectivity index (χ0n) is 23.9. The normalized spacial score (nSPS) is 22.2. The van der Waals surface area contributed by atoms with Gasteiger partial charge in [-0.2, -0.15) is 0 Å². The van der Waals surface area contributed by atoms with Gasteiger partial charge in [-0.15, -0.1) is 0 Å². The lowest BCUT2D eigenvalue weighted by atomic mass is 9.98. The van der Waals surface area contributed by atoms with Crippen LogP contribution in [0.15, 0.2) is 12.1 Å². The third-order valence-electron chi connectivity index (χ3n) is 7.86. The quantitative estimate of drug-likeness (QED) is 0.252. The molecule has 39 heavy (non-hydrogen) atoms. The van der Waals surface area contributed by atoms with Crippen LogP contribution >= 0.6 is 0 Å². The van der Waals surface area contributed by atoms with Crippen molar-refractivity contribution in [2.45, 2.75) is 89.0 Å². The molecule has 2 aliphatic heterocycles. The number of halogens is 2. The summed E-state index contributed by atoms with van der Waals surface area (Å²) in [7, 11) is 2.19. The van der Waals surface area contributed by atoms with E-state index in [9.17, 15) is 13.6 Å². The van der Waals surface area contributed by atoms with E-state index < -0.39 is 11.9 Å². The molecular formula is C29H49F2N5O3. The summed E-state index contributed by atoms with van der Waals surface area (Å²) in [6.45, 7) is 6.16. The molecule has 1 aliphatic carbocycles. The number of likely N-dealkylation sites (N-methyl/N-ethyl adjacent to an activating group) is 1. The Bertz CT molecular complexity index is 894. The lowest BCUT2D eigenvalue weighted by Gasteiger charge is -2.40. The summed E-state index contributed by atoms with van der Waals surface area (Å²) in [6, 6.07) is 2.78. The molecule has 1 aromatic rings. The van der Waals surface area contributed by atoms with Gasteiger partial charge in [-0.25, -0.2) is 18.6 Å². The highest BCUT2D eigenvalue weighted by atomic mass is 19.3. The highest BCUT2D eigenvalue weighted by Crippen LogP contribution is 2.37. The number of aromatic nitrogens is 1. The summed E-state index contributed by atoms with van der Waals surface area (Å²) in [6.07, 6.45) is 14.5. The van der Waals surface area contributed by atoms with E-state index in [0.717, 1.165) is 32.5 Å². The van der Waals surface area contributed by atoms with E-state index in [0.29, 0.717) is 18.2 Å². The molecule has 2 saturated heterocycles. The summed E-state index contributed by atoms with van der Waals surface area (Å²) in [5.41, 5.74) is 6.44. The van der Waals surface area contributed by atoms with Crippen molar-refractivity contribution >= 4 is 11.7 Å². The number of rotatable bonds is 16. The summed E-state index contributed by atoms with van der Waals surface area (Å²) < 4.78 is 31.4. The molecule has 1 aromatic heterocycles.